The van der Waals surface area contributed by atoms with Crippen LogP contribution in [0.25, 0.3) is 0 Å². The van der Waals surface area contributed by atoms with Crippen LogP contribution in [0.2, 0.25) is 0 Å². The molecule has 0 saturated heterocycles. The van der Waals surface area contributed by atoms with Crippen LogP contribution in [0.4, 0.5) is 4.79 Å². The fraction of sp³-hybridized carbons (Fsp3) is 0.321. The maximum Gasteiger partial charge on any atom is 0.316 e. The zero-order chi connectivity index (χ0) is 21.5. The molecule has 3 aromatic rings. The Morgan fingerprint density at radius 1 is 0.710 bits per heavy atom. The first-order valence-corrected chi connectivity index (χ1v) is 11.5. The molecule has 2 N–H and O–H groups in total. The number of hydrogen-bond donors (Lipinski definition) is 2. The Bertz CT molecular complexity index is 947. The van der Waals surface area contributed by atoms with E-state index < -0.39 is 0 Å². The van der Waals surface area contributed by atoms with E-state index in [0.717, 1.165) is 16.7 Å². The molecule has 1 unspecified atom stereocenters. The van der Waals surface area contributed by atoms with Gasteiger partial charge in [0.2, 0.25) is 0 Å². The standard InChI is InChI=1S/C28H32N2O/c1-21(22-11-5-2-6-12-22)29-28(31)30-27(25-15-9-4-10-16-25)26-19-17-24(18-20-26)23-13-7-3-8-14-23/h2,4-6,9-12,15-21,23,27H,3,7-8,13-14H2,1H3,(H2,29,30,31)/t21-,27?/m0/s1. The molecule has 3 nitrogen and oxygen atoms in total. The van der Waals surface area contributed by atoms with Crippen LogP contribution in [0.15, 0.2) is 84.9 Å². The minimum absolute atomic E-state index is 0.0636. The molecule has 31 heavy (non-hydrogen) atoms. The number of benzene rings is 3. The van der Waals surface area contributed by atoms with Gasteiger partial charge in [-0.2, -0.15) is 0 Å². The first-order valence-electron chi connectivity index (χ1n) is 11.5. The third-order valence-corrected chi connectivity index (χ3v) is 6.40. The van der Waals surface area contributed by atoms with Gasteiger partial charge in [-0.15, -0.1) is 0 Å². The molecule has 2 amide bonds. The number of carbonyl (C=O) groups is 1. The van der Waals surface area contributed by atoms with E-state index in [9.17, 15) is 4.79 Å². The van der Waals surface area contributed by atoms with Crippen molar-refractivity contribution in [1.82, 2.24) is 10.6 Å². The minimum atomic E-state index is -0.190. The smallest absolute Gasteiger partial charge is 0.316 e. The summed E-state index contributed by atoms with van der Waals surface area (Å²) in [6, 6.07) is 28.7. The van der Waals surface area contributed by atoms with Crippen molar-refractivity contribution < 1.29 is 4.79 Å². The molecule has 4 rings (SSSR count). The second-order valence-electron chi connectivity index (χ2n) is 8.60. The third kappa shape index (κ3) is 5.55. The highest BCUT2D eigenvalue weighted by atomic mass is 16.2. The number of urea groups is 1. The van der Waals surface area contributed by atoms with Gasteiger partial charge >= 0.3 is 6.03 Å². The van der Waals surface area contributed by atoms with E-state index in [2.05, 4.69) is 47.0 Å². The van der Waals surface area contributed by atoms with Gasteiger partial charge in [0.05, 0.1) is 12.1 Å². The Labute approximate surface area is 185 Å². The lowest BCUT2D eigenvalue weighted by Gasteiger charge is -2.24. The molecule has 3 heteroatoms. The predicted octanol–water partition coefficient (Wildman–Crippen LogP) is 6.88. The predicted molar refractivity (Wildman–Crippen MR) is 127 cm³/mol. The molecule has 160 valence electrons. The first-order chi connectivity index (χ1) is 15.2. The summed E-state index contributed by atoms with van der Waals surface area (Å²) >= 11 is 0. The van der Waals surface area contributed by atoms with E-state index in [-0.39, 0.29) is 18.1 Å². The van der Waals surface area contributed by atoms with Gasteiger partial charge < -0.3 is 10.6 Å². The highest BCUT2D eigenvalue weighted by Gasteiger charge is 2.20. The average molecular weight is 413 g/mol. The van der Waals surface area contributed by atoms with Crippen LogP contribution in [0.1, 0.15) is 79.3 Å². The molecule has 0 aliphatic heterocycles. The van der Waals surface area contributed by atoms with Crippen molar-refractivity contribution in [3.05, 3.63) is 107 Å². The van der Waals surface area contributed by atoms with E-state index in [1.807, 2.05) is 55.5 Å². The molecule has 0 radical (unpaired) electrons. The topological polar surface area (TPSA) is 41.1 Å². The number of nitrogens with one attached hydrogen (secondary N) is 2. The molecule has 0 heterocycles. The van der Waals surface area contributed by atoms with Gasteiger partial charge in [-0.3, -0.25) is 0 Å². The van der Waals surface area contributed by atoms with Crippen molar-refractivity contribution in [3.8, 4) is 0 Å². The lowest BCUT2D eigenvalue weighted by molar-refractivity contribution is 0.235. The molecule has 1 saturated carbocycles. The van der Waals surface area contributed by atoms with Crippen molar-refractivity contribution in [1.29, 1.82) is 0 Å². The zero-order valence-corrected chi connectivity index (χ0v) is 18.3. The Morgan fingerprint density at radius 2 is 1.26 bits per heavy atom. The van der Waals surface area contributed by atoms with Crippen LogP contribution >= 0.6 is 0 Å². The van der Waals surface area contributed by atoms with Crippen LogP contribution in [-0.4, -0.2) is 6.03 Å². The summed E-state index contributed by atoms with van der Waals surface area (Å²) in [6.07, 6.45) is 6.62. The van der Waals surface area contributed by atoms with Crippen molar-refractivity contribution in [2.75, 3.05) is 0 Å². The summed E-state index contributed by atoms with van der Waals surface area (Å²) in [4.78, 5) is 12.9. The molecule has 0 aromatic heterocycles. The summed E-state index contributed by atoms with van der Waals surface area (Å²) in [5, 5.41) is 6.28. The van der Waals surface area contributed by atoms with Crippen LogP contribution in [0.3, 0.4) is 0 Å². The second kappa shape index (κ2) is 10.3. The lowest BCUT2D eigenvalue weighted by atomic mass is 9.83. The summed E-state index contributed by atoms with van der Waals surface area (Å²) < 4.78 is 0. The highest BCUT2D eigenvalue weighted by molar-refractivity contribution is 5.75. The van der Waals surface area contributed by atoms with Crippen LogP contribution < -0.4 is 10.6 Å². The first kappa shape index (κ1) is 21.2. The molecule has 1 aliphatic rings. The van der Waals surface area contributed by atoms with Gasteiger partial charge in [-0.05, 0) is 47.9 Å². The van der Waals surface area contributed by atoms with Crippen molar-refractivity contribution >= 4 is 6.03 Å². The highest BCUT2D eigenvalue weighted by Crippen LogP contribution is 2.33. The van der Waals surface area contributed by atoms with Crippen molar-refractivity contribution in [2.45, 2.75) is 57.0 Å². The van der Waals surface area contributed by atoms with E-state index in [4.69, 9.17) is 0 Å². The fourth-order valence-corrected chi connectivity index (χ4v) is 4.60. The Balaban J connectivity index is 1.50. The summed E-state index contributed by atoms with van der Waals surface area (Å²) in [6.45, 7) is 2.01. The molecular weight excluding hydrogens is 380 g/mol. The molecule has 1 fully saturated rings. The maximum atomic E-state index is 12.9. The third-order valence-electron chi connectivity index (χ3n) is 6.40. The summed E-state index contributed by atoms with van der Waals surface area (Å²) in [7, 11) is 0. The molecule has 2 atom stereocenters. The average Bonchev–Trinajstić information content (AvgIpc) is 2.84. The number of carbonyl (C=O) groups excluding carboxylic acids is 1. The fourth-order valence-electron chi connectivity index (χ4n) is 4.60. The van der Waals surface area contributed by atoms with Gasteiger partial charge in [0.15, 0.2) is 0 Å². The van der Waals surface area contributed by atoms with Crippen molar-refractivity contribution in [3.63, 3.8) is 0 Å². The molecule has 0 bridgehead atoms. The van der Waals surface area contributed by atoms with Crippen LogP contribution in [0, 0.1) is 0 Å². The Morgan fingerprint density at radius 3 is 1.87 bits per heavy atom. The Kier molecular flexibility index (Phi) is 7.03. The summed E-state index contributed by atoms with van der Waals surface area (Å²) in [5.74, 6) is 0.681. The van der Waals surface area contributed by atoms with Crippen LogP contribution in [0.5, 0.6) is 0 Å². The number of amides is 2. The largest absolute Gasteiger partial charge is 0.332 e. The zero-order valence-electron chi connectivity index (χ0n) is 18.3. The lowest BCUT2D eigenvalue weighted by Crippen LogP contribution is -2.39. The van der Waals surface area contributed by atoms with E-state index in [1.54, 1.807) is 0 Å². The molecule has 3 aromatic carbocycles. The number of rotatable bonds is 6. The van der Waals surface area contributed by atoms with E-state index >= 15 is 0 Å². The normalized spacial score (nSPS) is 16.3. The van der Waals surface area contributed by atoms with Gasteiger partial charge in [-0.1, -0.05) is 104 Å². The Hall–Kier alpha value is -3.07. The quantitative estimate of drug-likeness (QED) is 0.455. The molecule has 1 aliphatic carbocycles. The second-order valence-corrected chi connectivity index (χ2v) is 8.60. The molecule has 0 spiro atoms. The summed E-state index contributed by atoms with van der Waals surface area (Å²) in [5.41, 5.74) is 4.70. The maximum absolute atomic E-state index is 12.9. The molecular formula is C28H32N2O. The van der Waals surface area contributed by atoms with Crippen molar-refractivity contribution in [2.24, 2.45) is 0 Å². The van der Waals surface area contributed by atoms with Crippen LogP contribution in [-0.2, 0) is 0 Å². The number of hydrogen-bond acceptors (Lipinski definition) is 1. The SMILES string of the molecule is C[C@H](NC(=O)NC(c1ccccc1)c1ccc(C2CCCCC2)cc1)c1ccccc1. The van der Waals surface area contributed by atoms with Gasteiger partial charge in [0.1, 0.15) is 0 Å². The van der Waals surface area contributed by atoms with Gasteiger partial charge in [0.25, 0.3) is 0 Å². The van der Waals surface area contributed by atoms with Gasteiger partial charge in [0, 0.05) is 0 Å². The van der Waals surface area contributed by atoms with E-state index in [1.165, 1.54) is 37.7 Å². The van der Waals surface area contributed by atoms with E-state index in [0.29, 0.717) is 5.92 Å². The minimum Gasteiger partial charge on any atom is -0.332 e. The van der Waals surface area contributed by atoms with Gasteiger partial charge in [-0.25, -0.2) is 4.79 Å². The monoisotopic (exact) mass is 412 g/mol.